The highest BCUT2D eigenvalue weighted by atomic mass is 19.2. The summed E-state index contributed by atoms with van der Waals surface area (Å²) in [6.45, 7) is 8.69. The topological polar surface area (TPSA) is 71.0 Å². The minimum Gasteiger partial charge on any atom is -0.392 e. The van der Waals surface area contributed by atoms with E-state index in [-0.39, 0.29) is 30.8 Å². The van der Waals surface area contributed by atoms with E-state index in [1.54, 1.807) is 24.3 Å². The Morgan fingerprint density at radius 3 is 2.15 bits per heavy atom. The Morgan fingerprint density at radius 2 is 1.47 bits per heavy atom. The first-order valence-electron chi connectivity index (χ1n) is 18.0. The molecule has 0 radical (unpaired) electrons. The maximum absolute atomic E-state index is 14.3. The number of aliphatic hydroxyl groups is 1. The Hall–Kier alpha value is -4.16. The number of halogens is 5. The minimum atomic E-state index is -2.33. The number of hydrogen-bond acceptors (Lipinski definition) is 5. The Bertz CT molecular complexity index is 1960. The molecule has 2 aliphatic heterocycles. The van der Waals surface area contributed by atoms with Crippen LogP contribution in [0.15, 0.2) is 72.8 Å². The van der Waals surface area contributed by atoms with Crippen LogP contribution in [0.5, 0.6) is 0 Å². The molecule has 2 unspecified atom stereocenters. The van der Waals surface area contributed by atoms with Gasteiger partial charge in [0.1, 0.15) is 5.56 Å². The van der Waals surface area contributed by atoms with Gasteiger partial charge in [-0.05, 0) is 57.9 Å². The number of aliphatic hydroxyl groups excluding tert-OH is 1. The average Bonchev–Trinajstić information content (AvgIpc) is 3.39. The zero-order valence-electron chi connectivity index (χ0n) is 29.9. The van der Waals surface area contributed by atoms with E-state index in [2.05, 4.69) is 31.0 Å². The third-order valence-electron chi connectivity index (χ3n) is 11.0. The number of amides is 1. The van der Waals surface area contributed by atoms with Crippen LogP contribution in [0.3, 0.4) is 0 Å². The standard InChI is InChI=1S/C42H43F5N2O4/c1-41(2)17-29-18-42(3,22-41)23-49(29)20-30-16-32(26-10-8-24(21-50)9-11-26)53-40(52-30)27-14-12-25(13-15-27)31-7-5-4-6-28(31)19-48-39(51)33-34(43)36(45)38(47)37(46)35(33)44/h4-15,29-30,32,40,50H,16-23H2,1-3H3,(H,48,51)/t29?,30-,32+,40+,42?/m1/s1. The molecule has 4 aromatic rings. The highest BCUT2D eigenvalue weighted by Crippen LogP contribution is 2.53. The van der Waals surface area contributed by atoms with Gasteiger partial charge < -0.3 is 19.9 Å². The molecule has 3 fully saturated rings. The second-order valence-electron chi connectivity index (χ2n) is 15.9. The normalized spacial score (nSPS) is 25.4. The molecule has 53 heavy (non-hydrogen) atoms. The molecule has 2 saturated heterocycles. The van der Waals surface area contributed by atoms with Crippen molar-refractivity contribution in [3.05, 3.63) is 130 Å². The second kappa shape index (κ2) is 14.6. The molecule has 4 aromatic carbocycles. The fourth-order valence-corrected chi connectivity index (χ4v) is 8.93. The fourth-order valence-electron chi connectivity index (χ4n) is 8.93. The Kier molecular flexibility index (Phi) is 10.2. The van der Waals surface area contributed by atoms with Crippen LogP contribution in [0, 0.1) is 39.9 Å². The first-order valence-corrected chi connectivity index (χ1v) is 18.0. The molecule has 7 rings (SSSR count). The summed E-state index contributed by atoms with van der Waals surface area (Å²) in [4.78, 5) is 15.3. The molecule has 1 aliphatic carbocycles. The van der Waals surface area contributed by atoms with Gasteiger partial charge in [0.25, 0.3) is 5.91 Å². The molecule has 3 aliphatic rings. The lowest BCUT2D eigenvalue weighted by Crippen LogP contribution is -2.42. The monoisotopic (exact) mass is 734 g/mol. The number of nitrogens with one attached hydrogen (secondary N) is 1. The molecule has 11 heteroatoms. The maximum atomic E-state index is 14.3. The van der Waals surface area contributed by atoms with E-state index in [1.165, 1.54) is 12.8 Å². The van der Waals surface area contributed by atoms with Gasteiger partial charge in [-0.2, -0.15) is 0 Å². The lowest BCUT2D eigenvalue weighted by molar-refractivity contribution is -0.253. The van der Waals surface area contributed by atoms with Crippen LogP contribution in [-0.4, -0.2) is 41.1 Å². The van der Waals surface area contributed by atoms with Gasteiger partial charge in [0.05, 0.1) is 18.8 Å². The van der Waals surface area contributed by atoms with Crippen molar-refractivity contribution in [3.63, 3.8) is 0 Å². The largest absolute Gasteiger partial charge is 0.392 e. The van der Waals surface area contributed by atoms with E-state index in [9.17, 15) is 31.9 Å². The van der Waals surface area contributed by atoms with Gasteiger partial charge in [0.15, 0.2) is 29.6 Å². The summed E-state index contributed by atoms with van der Waals surface area (Å²) < 4.78 is 82.8. The SMILES string of the molecule is CC1(C)CC2CC(C)(CN2C[C@H]2C[C@@H](c3ccc(CO)cc3)O[C@@H](c3ccc(-c4ccccc4CNC(=O)c4c(F)c(F)c(F)c(F)c4F)cc3)O2)C1. The molecule has 2 heterocycles. The maximum Gasteiger partial charge on any atom is 0.257 e. The van der Waals surface area contributed by atoms with Gasteiger partial charge in [-0.3, -0.25) is 9.69 Å². The van der Waals surface area contributed by atoms with Crippen LogP contribution in [0.1, 0.15) is 91.5 Å². The van der Waals surface area contributed by atoms with Crippen molar-refractivity contribution in [2.24, 2.45) is 10.8 Å². The summed E-state index contributed by atoms with van der Waals surface area (Å²) in [5, 5.41) is 11.9. The van der Waals surface area contributed by atoms with E-state index in [0.29, 0.717) is 29.0 Å². The summed E-state index contributed by atoms with van der Waals surface area (Å²) in [5.41, 5.74) is 3.69. The number of carbonyl (C=O) groups is 1. The zero-order valence-corrected chi connectivity index (χ0v) is 29.9. The van der Waals surface area contributed by atoms with Gasteiger partial charge in [0, 0.05) is 37.7 Å². The van der Waals surface area contributed by atoms with Crippen molar-refractivity contribution in [1.29, 1.82) is 0 Å². The van der Waals surface area contributed by atoms with Crippen LogP contribution in [-0.2, 0) is 22.6 Å². The first-order chi connectivity index (χ1) is 25.2. The van der Waals surface area contributed by atoms with E-state index in [1.807, 2.05) is 48.5 Å². The van der Waals surface area contributed by atoms with E-state index >= 15 is 0 Å². The number of fused-ring (bicyclic) bond motifs is 2. The number of benzene rings is 4. The van der Waals surface area contributed by atoms with Crippen LogP contribution in [0.4, 0.5) is 22.0 Å². The number of likely N-dealkylation sites (tertiary alicyclic amines) is 1. The molecule has 5 atom stereocenters. The van der Waals surface area contributed by atoms with Crippen molar-refractivity contribution in [2.75, 3.05) is 13.1 Å². The Labute approximate surface area is 305 Å². The minimum absolute atomic E-state index is 0.0429. The van der Waals surface area contributed by atoms with Crippen LogP contribution >= 0.6 is 0 Å². The fraction of sp³-hybridized carbons (Fsp3) is 0.405. The zero-order chi connectivity index (χ0) is 37.7. The predicted molar refractivity (Wildman–Crippen MR) is 189 cm³/mol. The van der Waals surface area contributed by atoms with Crippen LogP contribution in [0.25, 0.3) is 11.1 Å². The molecule has 2 bridgehead atoms. The lowest BCUT2D eigenvalue weighted by atomic mass is 9.65. The van der Waals surface area contributed by atoms with Crippen molar-refractivity contribution < 1.29 is 41.3 Å². The van der Waals surface area contributed by atoms with E-state index in [4.69, 9.17) is 9.47 Å². The van der Waals surface area contributed by atoms with Gasteiger partial charge in [-0.1, -0.05) is 93.6 Å². The van der Waals surface area contributed by atoms with Crippen molar-refractivity contribution in [2.45, 2.75) is 84.1 Å². The molecule has 0 spiro atoms. The number of nitrogens with zero attached hydrogens (tertiary/aromatic N) is 1. The molecule has 1 amide bonds. The summed E-state index contributed by atoms with van der Waals surface area (Å²) >= 11 is 0. The predicted octanol–water partition coefficient (Wildman–Crippen LogP) is 8.92. The molecule has 1 saturated carbocycles. The Balaban J connectivity index is 1.10. The smallest absolute Gasteiger partial charge is 0.257 e. The van der Waals surface area contributed by atoms with Gasteiger partial charge in [-0.15, -0.1) is 0 Å². The van der Waals surface area contributed by atoms with Crippen molar-refractivity contribution >= 4 is 5.91 Å². The van der Waals surface area contributed by atoms with E-state index in [0.717, 1.165) is 41.8 Å². The van der Waals surface area contributed by atoms with Gasteiger partial charge in [0.2, 0.25) is 5.82 Å². The molecular formula is C42H43F5N2O4. The number of hydrogen-bond donors (Lipinski definition) is 2. The van der Waals surface area contributed by atoms with E-state index < -0.39 is 46.8 Å². The summed E-state index contributed by atoms with van der Waals surface area (Å²) in [7, 11) is 0. The van der Waals surface area contributed by atoms with Crippen molar-refractivity contribution in [3.8, 4) is 11.1 Å². The first kappa shape index (κ1) is 37.2. The highest BCUT2D eigenvalue weighted by Gasteiger charge is 2.50. The number of rotatable bonds is 9. The molecule has 6 nitrogen and oxygen atoms in total. The second-order valence-corrected chi connectivity index (χ2v) is 15.9. The van der Waals surface area contributed by atoms with Crippen molar-refractivity contribution in [1.82, 2.24) is 10.2 Å². The quantitative estimate of drug-likeness (QED) is 0.102. The Morgan fingerprint density at radius 1 is 0.830 bits per heavy atom. The third kappa shape index (κ3) is 7.62. The third-order valence-corrected chi connectivity index (χ3v) is 11.0. The molecular weight excluding hydrogens is 691 g/mol. The average molecular weight is 735 g/mol. The lowest BCUT2D eigenvalue weighted by Gasteiger charge is -2.41. The highest BCUT2D eigenvalue weighted by molar-refractivity contribution is 5.95. The number of carbonyl (C=O) groups excluding carboxylic acids is 1. The summed E-state index contributed by atoms with van der Waals surface area (Å²) in [6.07, 6.45) is 3.25. The molecule has 280 valence electrons. The van der Waals surface area contributed by atoms with Crippen LogP contribution < -0.4 is 5.32 Å². The summed E-state index contributed by atoms with van der Waals surface area (Å²) in [6, 6.07) is 22.9. The van der Waals surface area contributed by atoms with Gasteiger partial charge in [-0.25, -0.2) is 22.0 Å². The molecule has 2 N–H and O–H groups in total. The summed E-state index contributed by atoms with van der Waals surface area (Å²) in [5.74, 6) is -12.5. The number of ether oxygens (including phenoxy) is 2. The van der Waals surface area contributed by atoms with Crippen LogP contribution in [0.2, 0.25) is 0 Å². The molecule has 0 aromatic heterocycles. The van der Waals surface area contributed by atoms with Gasteiger partial charge >= 0.3 is 0 Å².